The molecule has 4 aromatic carbocycles. The Kier molecular flexibility index (Phi) is 6.91. The average Bonchev–Trinajstić information content (AvgIpc) is 3.57. The van der Waals surface area contributed by atoms with E-state index in [1.165, 1.54) is 38.1 Å². The van der Waals surface area contributed by atoms with Crippen molar-refractivity contribution < 1.29 is 30.5 Å². The van der Waals surface area contributed by atoms with E-state index in [-0.39, 0.29) is 26.5 Å². The number of aryl methyl sites for hydroxylation is 2. The summed E-state index contributed by atoms with van der Waals surface area (Å²) in [6, 6.07) is 30.7. The fraction of sp³-hybridized carbons (Fsp3) is 0.268. The van der Waals surface area contributed by atoms with Crippen molar-refractivity contribution >= 4 is 39.6 Å². The predicted octanol–water partition coefficient (Wildman–Crippen LogP) is 9.95. The summed E-state index contributed by atoms with van der Waals surface area (Å²) >= 11 is 1.80. The first kappa shape index (κ1) is 31.4. The SMILES string of the molecule is Cc1ccc2c(c1)C[C@]1(C)OC(c3[c-]c(Oc4[c-]c5c(cc4C)Sc4cc(C(C)(C)C)cc6c7cccnc7n-5c46)ccc3)=N[C@]21C.[Pt+2]. The molecule has 3 aliphatic rings. The van der Waals surface area contributed by atoms with Gasteiger partial charge in [-0.15, -0.1) is 29.8 Å². The third-order valence-electron chi connectivity index (χ3n) is 10.3. The van der Waals surface area contributed by atoms with Crippen molar-refractivity contribution in [1.82, 2.24) is 9.55 Å². The summed E-state index contributed by atoms with van der Waals surface area (Å²) in [7, 11) is 0. The molecule has 0 amide bonds. The van der Waals surface area contributed by atoms with Gasteiger partial charge < -0.3 is 14.0 Å². The molecule has 242 valence electrons. The Hall–Kier alpha value is -3.86. The molecule has 0 N–H and O–H groups in total. The van der Waals surface area contributed by atoms with Crippen LogP contribution in [0.3, 0.4) is 0 Å². The molecule has 2 aliphatic heterocycles. The molecule has 0 saturated carbocycles. The number of aromatic nitrogens is 2. The van der Waals surface area contributed by atoms with E-state index >= 15 is 0 Å². The molecule has 4 heterocycles. The monoisotopic (exact) mass is 828 g/mol. The molecule has 2 atom stereocenters. The third-order valence-corrected chi connectivity index (χ3v) is 11.3. The molecule has 2 aromatic heterocycles. The van der Waals surface area contributed by atoms with Gasteiger partial charge in [-0.25, -0.2) is 4.98 Å². The van der Waals surface area contributed by atoms with Crippen LogP contribution in [0, 0.1) is 26.0 Å². The molecule has 0 bridgehead atoms. The maximum Gasteiger partial charge on any atom is 2.00 e. The van der Waals surface area contributed by atoms with Crippen molar-refractivity contribution in [2.45, 2.75) is 81.2 Å². The molecular weight excluding hydrogens is 794 g/mol. The summed E-state index contributed by atoms with van der Waals surface area (Å²) in [5, 5.41) is 2.36. The van der Waals surface area contributed by atoms with Gasteiger partial charge in [0.15, 0.2) is 0 Å². The molecule has 7 heteroatoms. The van der Waals surface area contributed by atoms with Crippen LogP contribution < -0.4 is 4.74 Å². The van der Waals surface area contributed by atoms with E-state index in [1.807, 2.05) is 30.5 Å². The molecule has 0 fully saturated rings. The van der Waals surface area contributed by atoms with Crippen LogP contribution in [0.15, 0.2) is 87.7 Å². The quantitative estimate of drug-likeness (QED) is 0.167. The summed E-state index contributed by atoms with van der Waals surface area (Å²) in [6.45, 7) is 15.4. The van der Waals surface area contributed by atoms with Crippen molar-refractivity contribution in [3.63, 3.8) is 0 Å². The van der Waals surface area contributed by atoms with Gasteiger partial charge >= 0.3 is 21.1 Å². The Morgan fingerprint density at radius 1 is 0.938 bits per heavy atom. The molecule has 6 aromatic rings. The van der Waals surface area contributed by atoms with E-state index < -0.39 is 11.1 Å². The van der Waals surface area contributed by atoms with E-state index in [2.05, 4.69) is 108 Å². The van der Waals surface area contributed by atoms with Crippen LogP contribution in [0.4, 0.5) is 0 Å². The van der Waals surface area contributed by atoms with E-state index in [9.17, 15) is 0 Å². The maximum atomic E-state index is 6.66. The second kappa shape index (κ2) is 10.6. The van der Waals surface area contributed by atoms with Gasteiger partial charge in [0.25, 0.3) is 0 Å². The number of nitrogens with zero attached hydrogens (tertiary/aromatic N) is 3. The fourth-order valence-electron chi connectivity index (χ4n) is 7.50. The Balaban J connectivity index is 0.00000336. The van der Waals surface area contributed by atoms with Crippen molar-refractivity contribution in [3.8, 4) is 17.2 Å². The zero-order valence-corrected chi connectivity index (χ0v) is 31.1. The smallest absolute Gasteiger partial charge is 0.511 e. The molecule has 1 aliphatic carbocycles. The van der Waals surface area contributed by atoms with E-state index in [0.29, 0.717) is 17.4 Å². The number of benzene rings is 4. The third kappa shape index (κ3) is 4.48. The first-order valence-corrected chi connectivity index (χ1v) is 17.0. The van der Waals surface area contributed by atoms with E-state index in [0.717, 1.165) is 39.2 Å². The van der Waals surface area contributed by atoms with Gasteiger partial charge in [0, 0.05) is 39.8 Å². The van der Waals surface area contributed by atoms with Crippen LogP contribution in [0.2, 0.25) is 0 Å². The number of hydrogen-bond acceptors (Lipinski definition) is 5. The summed E-state index contributed by atoms with van der Waals surface area (Å²) in [5.74, 6) is 1.86. The van der Waals surface area contributed by atoms with Gasteiger partial charge in [0.05, 0.1) is 5.52 Å². The van der Waals surface area contributed by atoms with Crippen molar-refractivity contribution in [1.29, 1.82) is 0 Å². The largest absolute Gasteiger partial charge is 2.00 e. The van der Waals surface area contributed by atoms with Crippen LogP contribution in [-0.4, -0.2) is 21.0 Å². The number of rotatable bonds is 3. The Bertz CT molecular complexity index is 2370. The summed E-state index contributed by atoms with van der Waals surface area (Å²) in [4.78, 5) is 12.4. The van der Waals surface area contributed by atoms with Crippen molar-refractivity contribution in [2.75, 3.05) is 0 Å². The number of hydrogen-bond donors (Lipinski definition) is 0. The fourth-order valence-corrected chi connectivity index (χ4v) is 8.70. The van der Waals surface area contributed by atoms with Crippen molar-refractivity contribution in [3.05, 3.63) is 118 Å². The Labute approximate surface area is 300 Å². The van der Waals surface area contributed by atoms with E-state index in [1.54, 1.807) is 11.8 Å². The van der Waals surface area contributed by atoms with Crippen LogP contribution in [0.25, 0.3) is 27.6 Å². The number of aliphatic imine (C=N–C) groups is 1. The van der Waals surface area contributed by atoms with Gasteiger partial charge in [-0.3, -0.25) is 4.99 Å². The van der Waals surface area contributed by atoms with Crippen LogP contribution in [0.1, 0.15) is 68.0 Å². The minimum Gasteiger partial charge on any atom is -0.511 e. The minimum atomic E-state index is -0.459. The van der Waals surface area contributed by atoms with Crippen LogP contribution in [-0.2, 0) is 43.2 Å². The summed E-state index contributed by atoms with van der Waals surface area (Å²) in [5.41, 5.74) is 9.08. The number of ether oxygens (including phenoxy) is 2. The zero-order valence-electron chi connectivity index (χ0n) is 28.0. The molecule has 5 nitrogen and oxygen atoms in total. The predicted molar refractivity (Wildman–Crippen MR) is 189 cm³/mol. The Morgan fingerprint density at radius 3 is 2.58 bits per heavy atom. The Morgan fingerprint density at radius 2 is 1.77 bits per heavy atom. The number of fused-ring (bicyclic) bond motifs is 8. The van der Waals surface area contributed by atoms with Gasteiger partial charge in [-0.1, -0.05) is 68.0 Å². The van der Waals surface area contributed by atoms with Crippen LogP contribution in [0.5, 0.6) is 11.5 Å². The molecule has 0 saturated heterocycles. The second-order valence-electron chi connectivity index (χ2n) is 14.6. The molecular formula is C41H35N3O2PtS. The zero-order chi connectivity index (χ0) is 32.5. The molecule has 0 radical (unpaired) electrons. The second-order valence-corrected chi connectivity index (χ2v) is 15.7. The summed E-state index contributed by atoms with van der Waals surface area (Å²) in [6.07, 6.45) is 2.69. The molecule has 0 unspecified atom stereocenters. The topological polar surface area (TPSA) is 48.6 Å². The first-order chi connectivity index (χ1) is 22.4. The standard InChI is InChI=1S/C41H35N3O2S.Pt/c1-23-13-14-31-26(16-23)22-40(6)41(31,7)43-38(46-40)25-10-8-11-28(18-25)45-33-21-32-34(17-24(33)2)47-35-20-27(39(3,4)5)19-30-29-12-9-15-42-37(29)44(32)36(30)35;/h8-17,19-20H,22H2,1-7H3;/q-2;+2/t40-,41+;/m0./s1. The van der Waals surface area contributed by atoms with Gasteiger partial charge in [-0.05, 0) is 72.8 Å². The molecule has 9 rings (SSSR count). The number of pyridine rings is 1. The average molecular weight is 829 g/mol. The van der Waals surface area contributed by atoms with Crippen LogP contribution >= 0.6 is 11.8 Å². The molecule has 48 heavy (non-hydrogen) atoms. The molecule has 0 spiro atoms. The van der Waals surface area contributed by atoms with Gasteiger partial charge in [0.2, 0.25) is 0 Å². The normalized spacial score (nSPS) is 20.5. The van der Waals surface area contributed by atoms with Crippen molar-refractivity contribution in [2.24, 2.45) is 4.99 Å². The van der Waals surface area contributed by atoms with E-state index in [4.69, 9.17) is 19.5 Å². The first-order valence-electron chi connectivity index (χ1n) is 16.2. The summed E-state index contributed by atoms with van der Waals surface area (Å²) < 4.78 is 15.5. The minimum absolute atomic E-state index is 0. The van der Waals surface area contributed by atoms with Gasteiger partial charge in [-0.2, -0.15) is 17.8 Å². The van der Waals surface area contributed by atoms with Gasteiger partial charge in [0.1, 0.15) is 22.7 Å². The maximum absolute atomic E-state index is 6.66.